The average Bonchev–Trinajstić information content (AvgIpc) is 3.01. The van der Waals surface area contributed by atoms with Crippen molar-refractivity contribution >= 4 is 11.9 Å². The van der Waals surface area contributed by atoms with Crippen molar-refractivity contribution in [3.8, 4) is 22.8 Å². The molecule has 41 heavy (non-hydrogen) atoms. The normalized spacial score (nSPS) is 10.7. The lowest BCUT2D eigenvalue weighted by atomic mass is 10.1. The molecule has 0 N–H and O–H groups in total. The summed E-state index contributed by atoms with van der Waals surface area (Å²) in [6, 6.07) is 18.6. The summed E-state index contributed by atoms with van der Waals surface area (Å²) in [5.41, 5.74) is 3.62. The maximum atomic E-state index is 12.6. The van der Waals surface area contributed by atoms with E-state index in [9.17, 15) is 9.59 Å². The van der Waals surface area contributed by atoms with Crippen molar-refractivity contribution in [2.24, 2.45) is 0 Å². The molecule has 0 aliphatic carbocycles. The predicted molar refractivity (Wildman–Crippen MR) is 163 cm³/mol. The molecular formula is C35H43NO5. The summed E-state index contributed by atoms with van der Waals surface area (Å²) in [6.07, 6.45) is 15.5. The van der Waals surface area contributed by atoms with Gasteiger partial charge in [0, 0.05) is 17.8 Å². The number of unbranched alkanes of at least 4 members (excludes halogenated alkanes) is 8. The third-order valence-electron chi connectivity index (χ3n) is 6.81. The summed E-state index contributed by atoms with van der Waals surface area (Å²) in [6.45, 7) is 6.66. The summed E-state index contributed by atoms with van der Waals surface area (Å²) in [4.78, 5) is 28.2. The molecule has 6 heteroatoms. The smallest absolute Gasteiger partial charge is 0.343 e. The molecule has 3 aromatic rings. The van der Waals surface area contributed by atoms with Crippen LogP contribution in [0.4, 0.5) is 0 Å². The van der Waals surface area contributed by atoms with Gasteiger partial charge in [-0.2, -0.15) is 0 Å². The standard InChI is InChI=1S/C35H43NO5/c1-3-5-6-8-11-14-28-15-24-33(36-27-28)29-16-22-32(23-17-29)41-35(38)30-18-20-31(21-19-30)39-25-12-9-7-10-13-26-40-34(37)4-2/h4,15-24,27H,2-3,5-14,25-26H2,1H3. The molecule has 6 nitrogen and oxygen atoms in total. The summed E-state index contributed by atoms with van der Waals surface area (Å²) >= 11 is 0. The van der Waals surface area contributed by atoms with E-state index in [0.717, 1.165) is 55.5 Å². The number of pyridine rings is 1. The van der Waals surface area contributed by atoms with E-state index >= 15 is 0 Å². The Morgan fingerprint density at radius 1 is 0.756 bits per heavy atom. The number of aryl methyl sites for hydroxylation is 1. The van der Waals surface area contributed by atoms with Crippen LogP contribution in [-0.4, -0.2) is 30.1 Å². The van der Waals surface area contributed by atoms with Crippen molar-refractivity contribution in [3.63, 3.8) is 0 Å². The number of nitrogens with zero attached hydrogens (tertiary/aromatic N) is 1. The van der Waals surface area contributed by atoms with E-state index in [2.05, 4.69) is 30.6 Å². The summed E-state index contributed by atoms with van der Waals surface area (Å²) in [5, 5.41) is 0. The van der Waals surface area contributed by atoms with E-state index in [0.29, 0.717) is 24.5 Å². The molecule has 0 aliphatic rings. The molecule has 1 heterocycles. The van der Waals surface area contributed by atoms with Crippen LogP contribution in [0.3, 0.4) is 0 Å². The molecule has 0 bridgehead atoms. The highest BCUT2D eigenvalue weighted by molar-refractivity contribution is 5.91. The molecule has 0 amide bonds. The molecule has 0 fully saturated rings. The fraction of sp³-hybridized carbons (Fsp3) is 0.400. The topological polar surface area (TPSA) is 74.7 Å². The number of esters is 2. The van der Waals surface area contributed by atoms with E-state index in [1.807, 2.05) is 18.3 Å². The molecule has 2 aromatic carbocycles. The molecule has 218 valence electrons. The van der Waals surface area contributed by atoms with Gasteiger partial charge in [0.15, 0.2) is 0 Å². The fourth-order valence-electron chi connectivity index (χ4n) is 4.38. The van der Waals surface area contributed by atoms with Crippen molar-refractivity contribution in [1.82, 2.24) is 4.98 Å². The quantitative estimate of drug-likeness (QED) is 0.0636. The molecule has 1 aromatic heterocycles. The number of rotatable bonds is 19. The van der Waals surface area contributed by atoms with Gasteiger partial charge in [-0.1, -0.05) is 64.5 Å². The Labute approximate surface area is 244 Å². The van der Waals surface area contributed by atoms with Crippen molar-refractivity contribution in [2.45, 2.75) is 77.6 Å². The van der Waals surface area contributed by atoms with Crippen LogP contribution in [0.2, 0.25) is 0 Å². The third-order valence-corrected chi connectivity index (χ3v) is 6.81. The zero-order chi connectivity index (χ0) is 29.1. The zero-order valence-corrected chi connectivity index (χ0v) is 24.3. The molecule has 0 saturated heterocycles. The Balaban J connectivity index is 1.35. The molecule has 3 rings (SSSR count). The van der Waals surface area contributed by atoms with Crippen molar-refractivity contribution in [3.05, 3.63) is 90.6 Å². The molecule has 0 spiro atoms. The minimum atomic E-state index is -0.413. The highest BCUT2D eigenvalue weighted by Gasteiger charge is 2.10. The summed E-state index contributed by atoms with van der Waals surface area (Å²) in [5.74, 6) is 0.424. The Hall–Kier alpha value is -3.93. The molecule has 0 saturated carbocycles. The number of carbonyl (C=O) groups is 2. The van der Waals surface area contributed by atoms with Gasteiger partial charge >= 0.3 is 11.9 Å². The third kappa shape index (κ3) is 12.0. The zero-order valence-electron chi connectivity index (χ0n) is 24.3. The number of carbonyl (C=O) groups excluding carboxylic acids is 2. The lowest BCUT2D eigenvalue weighted by Gasteiger charge is -2.08. The second-order valence-electron chi connectivity index (χ2n) is 10.1. The van der Waals surface area contributed by atoms with Gasteiger partial charge in [-0.3, -0.25) is 4.98 Å². The first-order chi connectivity index (χ1) is 20.1. The number of ether oxygens (including phenoxy) is 3. The van der Waals surface area contributed by atoms with Crippen LogP contribution in [0.1, 0.15) is 87.1 Å². The highest BCUT2D eigenvalue weighted by atomic mass is 16.5. The van der Waals surface area contributed by atoms with Crippen LogP contribution >= 0.6 is 0 Å². The molecule has 0 unspecified atom stereocenters. The van der Waals surface area contributed by atoms with Crippen LogP contribution in [0, 0.1) is 0 Å². The van der Waals surface area contributed by atoms with Crippen LogP contribution in [-0.2, 0) is 16.0 Å². The van der Waals surface area contributed by atoms with E-state index < -0.39 is 5.97 Å². The van der Waals surface area contributed by atoms with Gasteiger partial charge in [0.25, 0.3) is 0 Å². The van der Waals surface area contributed by atoms with Gasteiger partial charge in [-0.15, -0.1) is 0 Å². The van der Waals surface area contributed by atoms with E-state index in [-0.39, 0.29) is 5.97 Å². The van der Waals surface area contributed by atoms with Crippen LogP contribution in [0.15, 0.2) is 79.5 Å². The van der Waals surface area contributed by atoms with Gasteiger partial charge in [-0.05, 0) is 85.8 Å². The Kier molecular flexibility index (Phi) is 14.2. The van der Waals surface area contributed by atoms with Gasteiger partial charge < -0.3 is 14.2 Å². The van der Waals surface area contributed by atoms with Gasteiger partial charge in [0.2, 0.25) is 0 Å². The number of hydrogen-bond acceptors (Lipinski definition) is 6. The summed E-state index contributed by atoms with van der Waals surface area (Å²) < 4.78 is 16.3. The highest BCUT2D eigenvalue weighted by Crippen LogP contribution is 2.23. The lowest BCUT2D eigenvalue weighted by molar-refractivity contribution is -0.137. The van der Waals surface area contributed by atoms with Gasteiger partial charge in [-0.25, -0.2) is 9.59 Å². The molecular weight excluding hydrogens is 514 g/mol. The average molecular weight is 558 g/mol. The number of benzene rings is 2. The Morgan fingerprint density at radius 3 is 2.10 bits per heavy atom. The van der Waals surface area contributed by atoms with Gasteiger partial charge in [0.05, 0.1) is 24.5 Å². The van der Waals surface area contributed by atoms with Gasteiger partial charge in [0.1, 0.15) is 11.5 Å². The predicted octanol–water partition coefficient (Wildman–Crippen LogP) is 8.54. The minimum Gasteiger partial charge on any atom is -0.494 e. The molecule has 0 aliphatic heterocycles. The Bertz CT molecular complexity index is 1190. The number of aromatic nitrogens is 1. The second kappa shape index (κ2) is 18.4. The van der Waals surface area contributed by atoms with E-state index in [4.69, 9.17) is 14.2 Å². The summed E-state index contributed by atoms with van der Waals surface area (Å²) in [7, 11) is 0. The first-order valence-electron chi connectivity index (χ1n) is 14.9. The maximum absolute atomic E-state index is 12.6. The van der Waals surface area contributed by atoms with Crippen molar-refractivity contribution in [2.75, 3.05) is 13.2 Å². The maximum Gasteiger partial charge on any atom is 0.343 e. The van der Waals surface area contributed by atoms with Crippen molar-refractivity contribution < 1.29 is 23.8 Å². The van der Waals surface area contributed by atoms with Crippen molar-refractivity contribution in [1.29, 1.82) is 0 Å². The van der Waals surface area contributed by atoms with Crippen LogP contribution in [0.5, 0.6) is 11.5 Å². The second-order valence-corrected chi connectivity index (χ2v) is 10.1. The first kappa shape index (κ1) is 31.6. The number of hydrogen-bond donors (Lipinski definition) is 0. The fourth-order valence-corrected chi connectivity index (χ4v) is 4.38. The van der Waals surface area contributed by atoms with E-state index in [1.54, 1.807) is 36.4 Å². The van der Waals surface area contributed by atoms with E-state index in [1.165, 1.54) is 43.7 Å². The minimum absolute atomic E-state index is 0.371. The monoisotopic (exact) mass is 557 g/mol. The first-order valence-corrected chi connectivity index (χ1v) is 14.9. The largest absolute Gasteiger partial charge is 0.494 e. The Morgan fingerprint density at radius 2 is 1.41 bits per heavy atom. The SMILES string of the molecule is C=CC(=O)OCCCCCCCOc1ccc(C(=O)Oc2ccc(-c3ccc(CCCCCCC)cn3)cc2)cc1. The molecule has 0 radical (unpaired) electrons. The van der Waals surface area contributed by atoms with Crippen LogP contribution in [0.25, 0.3) is 11.3 Å². The lowest BCUT2D eigenvalue weighted by Crippen LogP contribution is -2.08. The van der Waals surface area contributed by atoms with Crippen LogP contribution < -0.4 is 9.47 Å². The molecule has 0 atom stereocenters.